The molecule has 1 saturated carbocycles. The minimum Gasteiger partial charge on any atom is -0.360 e. The summed E-state index contributed by atoms with van der Waals surface area (Å²) in [5.41, 5.74) is 0. The van der Waals surface area contributed by atoms with E-state index in [0.29, 0.717) is 18.1 Å². The fraction of sp³-hybridized carbons (Fsp3) is 0.562. The average Bonchev–Trinajstić information content (AvgIpc) is 2.92. The summed E-state index contributed by atoms with van der Waals surface area (Å²) in [5, 5.41) is 9.31. The van der Waals surface area contributed by atoms with Gasteiger partial charge < -0.3 is 20.1 Å². The Balaban J connectivity index is 1.87. The lowest BCUT2D eigenvalue weighted by Crippen LogP contribution is -2.48. The zero-order chi connectivity index (χ0) is 16.7. The highest BCUT2D eigenvalue weighted by atomic mass is 16.5. The van der Waals surface area contributed by atoms with E-state index in [1.54, 1.807) is 19.1 Å². The molecule has 2 N–H and O–H groups in total. The van der Waals surface area contributed by atoms with Crippen molar-refractivity contribution in [2.45, 2.75) is 45.1 Å². The van der Waals surface area contributed by atoms with Gasteiger partial charge in [-0.2, -0.15) is 0 Å². The van der Waals surface area contributed by atoms with Crippen LogP contribution in [0.3, 0.4) is 0 Å². The number of carbonyl (C=O) groups excluding carboxylic acids is 2. The molecule has 1 aliphatic carbocycles. The molecule has 1 aliphatic rings. The summed E-state index contributed by atoms with van der Waals surface area (Å²) in [4.78, 5) is 25.8. The van der Waals surface area contributed by atoms with Crippen molar-refractivity contribution in [2.24, 2.45) is 0 Å². The average molecular weight is 320 g/mol. The SMILES string of the molecule is C=CCN(CC(=O)Nc1cc(C)on1)C(=O)NC1CCCCC1. The van der Waals surface area contributed by atoms with Crippen LogP contribution >= 0.6 is 0 Å². The quantitative estimate of drug-likeness (QED) is 0.788. The van der Waals surface area contributed by atoms with E-state index in [-0.39, 0.29) is 24.5 Å². The highest BCUT2D eigenvalue weighted by Crippen LogP contribution is 2.17. The number of rotatable bonds is 6. The van der Waals surface area contributed by atoms with E-state index in [4.69, 9.17) is 4.52 Å². The Morgan fingerprint density at radius 3 is 2.78 bits per heavy atom. The maximum atomic E-state index is 12.3. The van der Waals surface area contributed by atoms with Crippen LogP contribution in [0, 0.1) is 6.92 Å². The van der Waals surface area contributed by atoms with E-state index in [1.165, 1.54) is 11.3 Å². The molecule has 3 amide bonds. The van der Waals surface area contributed by atoms with Gasteiger partial charge in [0.1, 0.15) is 12.3 Å². The first-order valence-electron chi connectivity index (χ1n) is 7.98. The highest BCUT2D eigenvalue weighted by molar-refractivity contribution is 5.93. The van der Waals surface area contributed by atoms with Gasteiger partial charge in [0.15, 0.2) is 5.82 Å². The van der Waals surface area contributed by atoms with E-state index in [1.807, 2.05) is 0 Å². The lowest BCUT2D eigenvalue weighted by Gasteiger charge is -2.27. The Morgan fingerprint density at radius 1 is 1.43 bits per heavy atom. The van der Waals surface area contributed by atoms with Crippen molar-refractivity contribution in [1.29, 1.82) is 0 Å². The number of nitrogens with one attached hydrogen (secondary N) is 2. The van der Waals surface area contributed by atoms with Crippen LogP contribution in [0.5, 0.6) is 0 Å². The first-order valence-corrected chi connectivity index (χ1v) is 7.98. The predicted molar refractivity (Wildman–Crippen MR) is 87.0 cm³/mol. The number of aryl methyl sites for hydroxylation is 1. The van der Waals surface area contributed by atoms with E-state index >= 15 is 0 Å². The van der Waals surface area contributed by atoms with Gasteiger partial charge in [0.2, 0.25) is 5.91 Å². The fourth-order valence-electron chi connectivity index (χ4n) is 2.67. The van der Waals surface area contributed by atoms with Crippen molar-refractivity contribution in [3.63, 3.8) is 0 Å². The van der Waals surface area contributed by atoms with Crippen LogP contribution in [-0.2, 0) is 4.79 Å². The Bertz CT molecular complexity index is 549. The molecule has 1 aromatic rings. The molecule has 0 spiro atoms. The van der Waals surface area contributed by atoms with Crippen LogP contribution in [-0.4, -0.2) is 41.1 Å². The molecule has 0 saturated heterocycles. The van der Waals surface area contributed by atoms with Crippen molar-refractivity contribution < 1.29 is 14.1 Å². The van der Waals surface area contributed by atoms with Gasteiger partial charge in [-0.05, 0) is 19.8 Å². The minimum atomic E-state index is -0.320. The number of carbonyl (C=O) groups is 2. The van der Waals surface area contributed by atoms with Crippen LogP contribution in [0.1, 0.15) is 37.9 Å². The molecule has 0 aromatic carbocycles. The molecule has 1 fully saturated rings. The fourth-order valence-corrected chi connectivity index (χ4v) is 2.67. The van der Waals surface area contributed by atoms with Crippen LogP contribution in [0.25, 0.3) is 0 Å². The molecule has 7 nitrogen and oxygen atoms in total. The molecule has 0 bridgehead atoms. The van der Waals surface area contributed by atoms with Crippen LogP contribution in [0.4, 0.5) is 10.6 Å². The molecular weight excluding hydrogens is 296 g/mol. The number of nitrogens with zero attached hydrogens (tertiary/aromatic N) is 2. The third-order valence-corrected chi connectivity index (χ3v) is 3.80. The monoisotopic (exact) mass is 320 g/mol. The number of hydrogen-bond donors (Lipinski definition) is 2. The van der Waals surface area contributed by atoms with Gasteiger partial charge in [-0.25, -0.2) is 4.79 Å². The summed E-state index contributed by atoms with van der Waals surface area (Å²) in [5.74, 6) is 0.635. The lowest BCUT2D eigenvalue weighted by molar-refractivity contribution is -0.116. The largest absolute Gasteiger partial charge is 0.360 e. The Kier molecular flexibility index (Phi) is 6.19. The molecule has 23 heavy (non-hydrogen) atoms. The third-order valence-electron chi connectivity index (χ3n) is 3.80. The Labute approximate surface area is 136 Å². The molecule has 7 heteroatoms. The second kappa shape index (κ2) is 8.36. The van der Waals surface area contributed by atoms with Gasteiger partial charge in [0.25, 0.3) is 0 Å². The number of hydrogen-bond acceptors (Lipinski definition) is 4. The lowest BCUT2D eigenvalue weighted by atomic mass is 9.96. The Morgan fingerprint density at radius 2 is 2.17 bits per heavy atom. The van der Waals surface area contributed by atoms with Gasteiger partial charge in [0, 0.05) is 18.7 Å². The summed E-state index contributed by atoms with van der Waals surface area (Å²) in [6.07, 6.45) is 7.10. The van der Waals surface area contributed by atoms with E-state index in [0.717, 1.165) is 25.7 Å². The van der Waals surface area contributed by atoms with Gasteiger partial charge in [-0.15, -0.1) is 6.58 Å². The summed E-state index contributed by atoms with van der Waals surface area (Å²) in [6.45, 7) is 5.63. The topological polar surface area (TPSA) is 87.5 Å². The third kappa shape index (κ3) is 5.43. The summed E-state index contributed by atoms with van der Waals surface area (Å²) in [6, 6.07) is 1.59. The predicted octanol–water partition coefficient (Wildman–Crippen LogP) is 2.45. The number of aromatic nitrogens is 1. The summed E-state index contributed by atoms with van der Waals surface area (Å²) < 4.78 is 4.89. The molecule has 0 radical (unpaired) electrons. The first-order chi connectivity index (χ1) is 11.1. The minimum absolute atomic E-state index is 0.0590. The normalized spacial score (nSPS) is 15.0. The van der Waals surface area contributed by atoms with Crippen molar-refractivity contribution in [3.05, 3.63) is 24.5 Å². The van der Waals surface area contributed by atoms with Gasteiger partial charge in [-0.1, -0.05) is 30.5 Å². The second-order valence-corrected chi connectivity index (χ2v) is 5.82. The van der Waals surface area contributed by atoms with E-state index < -0.39 is 0 Å². The molecule has 1 aromatic heterocycles. The molecule has 126 valence electrons. The summed E-state index contributed by atoms with van der Waals surface area (Å²) >= 11 is 0. The van der Waals surface area contributed by atoms with Gasteiger partial charge in [0.05, 0.1) is 0 Å². The second-order valence-electron chi connectivity index (χ2n) is 5.82. The maximum Gasteiger partial charge on any atom is 0.318 e. The number of urea groups is 1. The molecule has 1 heterocycles. The molecule has 0 atom stereocenters. The zero-order valence-electron chi connectivity index (χ0n) is 13.5. The van der Waals surface area contributed by atoms with E-state index in [2.05, 4.69) is 22.4 Å². The van der Waals surface area contributed by atoms with Crippen LogP contribution in [0.15, 0.2) is 23.2 Å². The van der Waals surface area contributed by atoms with Crippen molar-refractivity contribution >= 4 is 17.8 Å². The zero-order valence-corrected chi connectivity index (χ0v) is 13.5. The smallest absolute Gasteiger partial charge is 0.318 e. The maximum absolute atomic E-state index is 12.3. The summed E-state index contributed by atoms with van der Waals surface area (Å²) in [7, 11) is 0. The van der Waals surface area contributed by atoms with E-state index in [9.17, 15) is 9.59 Å². The molecular formula is C16H24N4O3. The van der Waals surface area contributed by atoms with Crippen molar-refractivity contribution in [1.82, 2.24) is 15.4 Å². The Hall–Kier alpha value is -2.31. The van der Waals surface area contributed by atoms with Crippen molar-refractivity contribution in [3.8, 4) is 0 Å². The van der Waals surface area contributed by atoms with Crippen LogP contribution < -0.4 is 10.6 Å². The molecule has 2 rings (SSSR count). The van der Waals surface area contributed by atoms with Crippen molar-refractivity contribution in [2.75, 3.05) is 18.4 Å². The number of anilines is 1. The standard InChI is InChI=1S/C16H24N4O3/c1-3-9-20(16(22)17-13-7-5-4-6-8-13)11-15(21)18-14-10-12(2)23-19-14/h3,10,13H,1,4-9,11H2,2H3,(H,17,22)(H,18,19,21). The van der Waals surface area contributed by atoms with Gasteiger partial charge >= 0.3 is 6.03 Å². The van der Waals surface area contributed by atoms with Gasteiger partial charge in [-0.3, -0.25) is 4.79 Å². The number of amides is 3. The molecule has 0 unspecified atom stereocenters. The van der Waals surface area contributed by atoms with Crippen LogP contribution in [0.2, 0.25) is 0 Å². The first kappa shape index (κ1) is 17.1. The highest BCUT2D eigenvalue weighted by Gasteiger charge is 2.21. The molecule has 0 aliphatic heterocycles.